The molecule has 3 aromatic rings. The fraction of sp³-hybridized carbons (Fsp3) is 0.261. The summed E-state index contributed by atoms with van der Waals surface area (Å²) in [6.07, 6.45) is 11.0. The Balaban J connectivity index is 1.39. The number of carbonyl (C=O) groups excluding carboxylic acids is 1. The highest BCUT2D eigenvalue weighted by molar-refractivity contribution is 5.95. The van der Waals surface area contributed by atoms with Gasteiger partial charge in [0.1, 0.15) is 18.5 Å². The summed E-state index contributed by atoms with van der Waals surface area (Å²) >= 11 is 0. The van der Waals surface area contributed by atoms with Crippen LogP contribution in [-0.4, -0.2) is 48.4 Å². The van der Waals surface area contributed by atoms with Crippen LogP contribution in [0.2, 0.25) is 0 Å². The fourth-order valence-corrected chi connectivity index (χ4v) is 4.10. The van der Waals surface area contributed by atoms with Crippen molar-refractivity contribution >= 4 is 11.9 Å². The van der Waals surface area contributed by atoms with Crippen LogP contribution in [-0.2, 0) is 13.1 Å². The van der Waals surface area contributed by atoms with E-state index in [1.807, 2.05) is 11.0 Å². The number of hydrogen-bond acceptors (Lipinski definition) is 7. The Morgan fingerprint density at radius 3 is 2.88 bits per heavy atom. The van der Waals surface area contributed by atoms with Gasteiger partial charge in [0.2, 0.25) is 11.7 Å². The Kier molecular flexibility index (Phi) is 5.66. The predicted octanol–water partition coefficient (Wildman–Crippen LogP) is 1.70. The van der Waals surface area contributed by atoms with Crippen LogP contribution in [0.3, 0.4) is 0 Å². The number of nitrogens with one attached hydrogen (secondary N) is 1. The number of amides is 1. The summed E-state index contributed by atoms with van der Waals surface area (Å²) in [4.78, 5) is 35.8. The molecule has 0 saturated carbocycles. The summed E-state index contributed by atoms with van der Waals surface area (Å²) in [5.41, 5.74) is 1.08. The molecule has 2 N–H and O–H groups in total. The second kappa shape index (κ2) is 8.93. The maximum Gasteiger partial charge on any atom is 0.298 e. The SMILES string of the molecule is O=C(NCc1ccc(F)cc1-n1cncn1)c1nc2n(c(=O)c1O)CCN2CC1=CCCC=C1. The van der Waals surface area contributed by atoms with Crippen LogP contribution in [0, 0.1) is 5.82 Å². The van der Waals surface area contributed by atoms with Crippen molar-refractivity contribution < 1.29 is 14.3 Å². The summed E-state index contributed by atoms with van der Waals surface area (Å²) in [6.45, 7) is 1.49. The molecule has 1 aromatic carbocycles. The molecule has 0 atom stereocenters. The number of nitrogens with zero attached hydrogens (tertiary/aromatic N) is 6. The van der Waals surface area contributed by atoms with Gasteiger partial charge in [-0.25, -0.2) is 19.0 Å². The van der Waals surface area contributed by atoms with E-state index >= 15 is 0 Å². The third kappa shape index (κ3) is 4.07. The molecule has 1 aliphatic carbocycles. The van der Waals surface area contributed by atoms with E-state index in [1.165, 1.54) is 40.1 Å². The van der Waals surface area contributed by atoms with Crippen molar-refractivity contribution in [3.8, 4) is 11.4 Å². The van der Waals surface area contributed by atoms with Crippen LogP contribution in [0.15, 0.2) is 59.4 Å². The van der Waals surface area contributed by atoms with Gasteiger partial charge in [0, 0.05) is 26.2 Å². The zero-order valence-electron chi connectivity index (χ0n) is 18.2. The average Bonchev–Trinajstić information content (AvgIpc) is 3.52. The first kappa shape index (κ1) is 21.6. The Hall–Kier alpha value is -4.28. The Bertz CT molecular complexity index is 1360. The zero-order valence-corrected chi connectivity index (χ0v) is 18.2. The van der Waals surface area contributed by atoms with Crippen molar-refractivity contribution in [1.82, 2.24) is 29.6 Å². The summed E-state index contributed by atoms with van der Waals surface area (Å²) < 4.78 is 16.6. The molecule has 2 aromatic heterocycles. The van der Waals surface area contributed by atoms with Crippen molar-refractivity contribution in [3.63, 3.8) is 0 Å². The normalized spacial score (nSPS) is 14.7. The second-order valence-corrected chi connectivity index (χ2v) is 8.04. The summed E-state index contributed by atoms with van der Waals surface area (Å²) in [7, 11) is 0. The monoisotopic (exact) mass is 463 g/mol. The van der Waals surface area contributed by atoms with E-state index in [1.54, 1.807) is 0 Å². The lowest BCUT2D eigenvalue weighted by Gasteiger charge is -2.19. The molecule has 1 amide bonds. The molecule has 0 radical (unpaired) electrons. The van der Waals surface area contributed by atoms with E-state index in [0.717, 1.165) is 18.4 Å². The van der Waals surface area contributed by atoms with Crippen molar-refractivity contribution in [3.05, 3.63) is 82.1 Å². The van der Waals surface area contributed by atoms with Crippen LogP contribution >= 0.6 is 0 Å². The molecule has 1 aliphatic heterocycles. The van der Waals surface area contributed by atoms with Crippen LogP contribution < -0.4 is 15.8 Å². The minimum Gasteiger partial charge on any atom is -0.501 e. The standard InChI is InChI=1S/C23H22FN7O3/c24-17-7-6-16(18(10-17)31-14-25-13-27-31)11-26-21(33)19-20(32)22(34)30-9-8-29(23(30)28-19)12-15-4-2-1-3-5-15/h2,4-7,10,13-14,32H,1,3,8-9,11-12H2,(H,26,33). The first-order valence-electron chi connectivity index (χ1n) is 10.9. The maximum absolute atomic E-state index is 13.8. The van der Waals surface area contributed by atoms with Gasteiger partial charge in [-0.3, -0.25) is 14.2 Å². The van der Waals surface area contributed by atoms with Gasteiger partial charge in [-0.1, -0.05) is 24.3 Å². The Labute approximate surface area is 193 Å². The maximum atomic E-state index is 13.8. The lowest BCUT2D eigenvalue weighted by Crippen LogP contribution is -2.30. The number of aromatic hydroxyl groups is 1. The van der Waals surface area contributed by atoms with Crippen molar-refractivity contribution in [2.24, 2.45) is 0 Å². The number of halogens is 1. The van der Waals surface area contributed by atoms with E-state index in [4.69, 9.17) is 0 Å². The van der Waals surface area contributed by atoms with Gasteiger partial charge in [-0.2, -0.15) is 5.10 Å². The van der Waals surface area contributed by atoms with E-state index in [9.17, 15) is 19.1 Å². The van der Waals surface area contributed by atoms with Gasteiger partial charge in [0.05, 0.1) is 5.69 Å². The van der Waals surface area contributed by atoms with Crippen LogP contribution in [0.4, 0.5) is 10.3 Å². The molecule has 3 heterocycles. The quantitative estimate of drug-likeness (QED) is 0.571. The Morgan fingerprint density at radius 2 is 2.12 bits per heavy atom. The molecule has 34 heavy (non-hydrogen) atoms. The molecule has 0 fully saturated rings. The molecular weight excluding hydrogens is 441 g/mol. The second-order valence-electron chi connectivity index (χ2n) is 8.04. The minimum atomic E-state index is -0.713. The van der Waals surface area contributed by atoms with Crippen molar-refractivity contribution in [2.75, 3.05) is 18.0 Å². The topological polar surface area (TPSA) is 118 Å². The minimum absolute atomic E-state index is 0.00472. The largest absolute Gasteiger partial charge is 0.501 e. The third-order valence-corrected chi connectivity index (χ3v) is 5.81. The number of carbonyl (C=O) groups is 1. The number of fused-ring (bicyclic) bond motifs is 1. The van der Waals surface area contributed by atoms with Gasteiger partial charge in [0.15, 0.2) is 5.69 Å². The lowest BCUT2D eigenvalue weighted by molar-refractivity contribution is 0.0942. The van der Waals surface area contributed by atoms with Crippen LogP contribution in [0.25, 0.3) is 5.69 Å². The third-order valence-electron chi connectivity index (χ3n) is 5.81. The lowest BCUT2D eigenvalue weighted by atomic mass is 10.1. The smallest absolute Gasteiger partial charge is 0.298 e. The van der Waals surface area contributed by atoms with Crippen LogP contribution in [0.1, 0.15) is 28.9 Å². The summed E-state index contributed by atoms with van der Waals surface area (Å²) in [6, 6.07) is 4.07. The predicted molar refractivity (Wildman–Crippen MR) is 121 cm³/mol. The van der Waals surface area contributed by atoms with E-state index in [0.29, 0.717) is 36.8 Å². The molecule has 174 valence electrons. The number of rotatable bonds is 6. The average molecular weight is 463 g/mol. The molecule has 5 rings (SSSR count). The molecule has 11 heteroatoms. The van der Waals surface area contributed by atoms with E-state index < -0.39 is 23.0 Å². The van der Waals surface area contributed by atoms with Gasteiger partial charge in [-0.05, 0) is 36.1 Å². The van der Waals surface area contributed by atoms with Crippen LogP contribution in [0.5, 0.6) is 5.75 Å². The number of anilines is 1. The molecule has 2 aliphatic rings. The Morgan fingerprint density at radius 1 is 1.24 bits per heavy atom. The van der Waals surface area contributed by atoms with Gasteiger partial charge in [-0.15, -0.1) is 0 Å². The molecular formula is C23H22FN7O3. The number of hydrogen-bond donors (Lipinski definition) is 2. The van der Waals surface area contributed by atoms with Gasteiger partial charge in [0.25, 0.3) is 11.5 Å². The number of aromatic nitrogens is 5. The first-order valence-corrected chi connectivity index (χ1v) is 10.9. The summed E-state index contributed by atoms with van der Waals surface area (Å²) in [5, 5.41) is 17.1. The van der Waals surface area contributed by atoms with Crippen molar-refractivity contribution in [1.29, 1.82) is 0 Å². The number of allylic oxidation sites excluding steroid dienone is 2. The molecule has 0 spiro atoms. The van der Waals surface area contributed by atoms with E-state index in [-0.39, 0.29) is 12.2 Å². The number of benzene rings is 1. The molecule has 10 nitrogen and oxygen atoms in total. The van der Waals surface area contributed by atoms with Gasteiger partial charge >= 0.3 is 0 Å². The highest BCUT2D eigenvalue weighted by atomic mass is 19.1. The highest BCUT2D eigenvalue weighted by Gasteiger charge is 2.28. The highest BCUT2D eigenvalue weighted by Crippen LogP contribution is 2.23. The molecule has 0 bridgehead atoms. The molecule has 0 unspecified atom stereocenters. The summed E-state index contributed by atoms with van der Waals surface area (Å²) in [5.74, 6) is -1.53. The van der Waals surface area contributed by atoms with Gasteiger partial charge < -0.3 is 15.3 Å². The van der Waals surface area contributed by atoms with Crippen molar-refractivity contribution in [2.45, 2.75) is 25.9 Å². The fourth-order valence-electron chi connectivity index (χ4n) is 4.10. The van der Waals surface area contributed by atoms with E-state index in [2.05, 4.69) is 32.5 Å². The zero-order chi connectivity index (χ0) is 23.7. The molecule has 0 saturated heterocycles. The first-order chi connectivity index (χ1) is 16.5.